The van der Waals surface area contributed by atoms with Gasteiger partial charge in [0.2, 0.25) is 0 Å². The molecule has 3 heteroatoms. The summed E-state index contributed by atoms with van der Waals surface area (Å²) in [6, 6.07) is 11.3. The lowest BCUT2D eigenvalue weighted by atomic mass is 10.2. The molecule has 2 aromatic rings. The van der Waals surface area contributed by atoms with Crippen LogP contribution in [-0.4, -0.2) is 11.6 Å². The maximum absolute atomic E-state index is 5.70. The number of nitrogens with zero attached hydrogens (tertiary/aromatic N) is 1. The minimum Gasteiger partial charge on any atom is -0.494 e. The van der Waals surface area contributed by atoms with Crippen LogP contribution < -0.4 is 4.74 Å². The third-order valence-corrected chi connectivity index (χ3v) is 2.47. The summed E-state index contributed by atoms with van der Waals surface area (Å²) in [4.78, 5) is 3.97. The fraction of sp³-hybridized carbons (Fsp3) is 0.133. The zero-order valence-electron chi connectivity index (χ0n) is 9.98. The van der Waals surface area contributed by atoms with E-state index in [0.29, 0.717) is 11.8 Å². The maximum Gasteiger partial charge on any atom is 0.129 e. The third kappa shape index (κ3) is 3.51. The van der Waals surface area contributed by atoms with Crippen LogP contribution >= 0.6 is 11.6 Å². The first-order valence-electron chi connectivity index (χ1n) is 5.64. The molecule has 0 saturated carbocycles. The molecule has 0 amide bonds. The van der Waals surface area contributed by atoms with Crippen molar-refractivity contribution in [2.45, 2.75) is 6.92 Å². The smallest absolute Gasteiger partial charge is 0.129 e. The molecule has 0 aliphatic heterocycles. The van der Waals surface area contributed by atoms with E-state index in [2.05, 4.69) is 16.8 Å². The molecule has 18 heavy (non-hydrogen) atoms. The zero-order chi connectivity index (χ0) is 12.8. The Labute approximate surface area is 112 Å². The summed E-state index contributed by atoms with van der Waals surface area (Å²) in [6.45, 7) is 2.63. The number of aromatic nitrogens is 1. The topological polar surface area (TPSA) is 22.1 Å². The van der Waals surface area contributed by atoms with Gasteiger partial charge >= 0.3 is 0 Å². The number of pyridine rings is 1. The van der Waals surface area contributed by atoms with Gasteiger partial charge in [0.1, 0.15) is 10.9 Å². The van der Waals surface area contributed by atoms with Gasteiger partial charge in [0, 0.05) is 17.3 Å². The maximum atomic E-state index is 5.70. The van der Waals surface area contributed by atoms with E-state index in [1.54, 1.807) is 12.3 Å². The molecule has 0 unspecified atom stereocenters. The number of benzene rings is 1. The van der Waals surface area contributed by atoms with Gasteiger partial charge in [0.25, 0.3) is 0 Å². The van der Waals surface area contributed by atoms with Crippen LogP contribution in [0.1, 0.15) is 18.1 Å². The van der Waals surface area contributed by atoms with E-state index in [-0.39, 0.29) is 0 Å². The number of hydrogen-bond acceptors (Lipinski definition) is 2. The summed E-state index contributed by atoms with van der Waals surface area (Å²) in [5, 5.41) is 0.474. The van der Waals surface area contributed by atoms with E-state index >= 15 is 0 Å². The highest BCUT2D eigenvalue weighted by Gasteiger charge is 1.92. The van der Waals surface area contributed by atoms with Crippen molar-refractivity contribution in [1.29, 1.82) is 0 Å². The Kier molecular flexibility index (Phi) is 4.22. The Morgan fingerprint density at radius 1 is 1.06 bits per heavy atom. The van der Waals surface area contributed by atoms with Gasteiger partial charge in [-0.15, -0.1) is 0 Å². The fourth-order valence-corrected chi connectivity index (χ4v) is 1.51. The van der Waals surface area contributed by atoms with Gasteiger partial charge < -0.3 is 4.74 Å². The van der Waals surface area contributed by atoms with Crippen molar-refractivity contribution < 1.29 is 4.74 Å². The SMILES string of the molecule is CCOc1ccc(C#Cc2ccc(Cl)nc2)cc1. The number of hydrogen-bond donors (Lipinski definition) is 0. The molecule has 0 saturated heterocycles. The first-order valence-corrected chi connectivity index (χ1v) is 6.02. The highest BCUT2D eigenvalue weighted by atomic mass is 35.5. The van der Waals surface area contributed by atoms with Crippen molar-refractivity contribution in [2.75, 3.05) is 6.61 Å². The van der Waals surface area contributed by atoms with E-state index in [9.17, 15) is 0 Å². The van der Waals surface area contributed by atoms with Gasteiger partial charge in [-0.25, -0.2) is 4.98 Å². The van der Waals surface area contributed by atoms with Crippen LogP contribution in [0.4, 0.5) is 0 Å². The quantitative estimate of drug-likeness (QED) is 0.607. The van der Waals surface area contributed by atoms with Crippen molar-refractivity contribution in [1.82, 2.24) is 4.98 Å². The molecule has 2 rings (SSSR count). The second-order valence-electron chi connectivity index (χ2n) is 3.58. The van der Waals surface area contributed by atoms with Gasteiger partial charge in [-0.05, 0) is 43.3 Å². The average molecular weight is 258 g/mol. The van der Waals surface area contributed by atoms with Crippen LogP contribution in [0.25, 0.3) is 0 Å². The summed E-state index contributed by atoms with van der Waals surface area (Å²) in [7, 11) is 0. The van der Waals surface area contributed by atoms with Gasteiger partial charge in [-0.3, -0.25) is 0 Å². The van der Waals surface area contributed by atoms with Crippen LogP contribution in [0, 0.1) is 11.8 Å². The first-order chi connectivity index (χ1) is 8.78. The summed E-state index contributed by atoms with van der Waals surface area (Å²) in [6.07, 6.45) is 1.66. The van der Waals surface area contributed by atoms with Crippen LogP contribution in [0.15, 0.2) is 42.6 Å². The summed E-state index contributed by atoms with van der Waals surface area (Å²) in [5.41, 5.74) is 1.78. The van der Waals surface area contributed by atoms with Crippen LogP contribution in [0.2, 0.25) is 5.15 Å². The summed E-state index contributed by atoms with van der Waals surface area (Å²) < 4.78 is 5.36. The lowest BCUT2D eigenvalue weighted by Gasteiger charge is -2.01. The minimum absolute atomic E-state index is 0.474. The molecule has 90 valence electrons. The van der Waals surface area contributed by atoms with Gasteiger partial charge in [-0.1, -0.05) is 23.4 Å². The summed E-state index contributed by atoms with van der Waals surface area (Å²) in [5.74, 6) is 6.95. The Morgan fingerprint density at radius 3 is 2.33 bits per heavy atom. The lowest BCUT2D eigenvalue weighted by Crippen LogP contribution is -1.90. The highest BCUT2D eigenvalue weighted by molar-refractivity contribution is 6.29. The monoisotopic (exact) mass is 257 g/mol. The Morgan fingerprint density at radius 2 is 1.72 bits per heavy atom. The van der Waals surface area contributed by atoms with E-state index in [1.165, 1.54) is 0 Å². The van der Waals surface area contributed by atoms with Gasteiger partial charge in [0.15, 0.2) is 0 Å². The van der Waals surface area contributed by atoms with Gasteiger partial charge in [-0.2, -0.15) is 0 Å². The Hall–Kier alpha value is -1.98. The van der Waals surface area contributed by atoms with E-state index in [1.807, 2.05) is 37.3 Å². The molecule has 1 heterocycles. The van der Waals surface area contributed by atoms with E-state index in [0.717, 1.165) is 16.9 Å². The average Bonchev–Trinajstić information content (AvgIpc) is 2.40. The molecular weight excluding hydrogens is 246 g/mol. The predicted octanol–water partition coefficient (Wildman–Crippen LogP) is 3.53. The first kappa shape index (κ1) is 12.5. The highest BCUT2D eigenvalue weighted by Crippen LogP contribution is 2.11. The molecular formula is C15H12ClNO. The van der Waals surface area contributed by atoms with Crippen molar-refractivity contribution >= 4 is 11.6 Å². The molecule has 0 aliphatic rings. The predicted molar refractivity (Wildman–Crippen MR) is 72.8 cm³/mol. The molecule has 0 fully saturated rings. The van der Waals surface area contributed by atoms with Gasteiger partial charge in [0.05, 0.1) is 6.61 Å². The normalized spacial score (nSPS) is 9.44. The Bertz CT molecular complexity index is 564. The minimum atomic E-state index is 0.474. The standard InChI is InChI=1S/C15H12ClNO/c1-2-18-14-8-5-12(6-9-14)3-4-13-7-10-15(16)17-11-13/h5-11H,2H2,1H3. The molecule has 1 aromatic carbocycles. The van der Waals surface area contributed by atoms with E-state index in [4.69, 9.17) is 16.3 Å². The number of ether oxygens (including phenoxy) is 1. The fourth-order valence-electron chi connectivity index (χ4n) is 1.40. The molecule has 0 atom stereocenters. The van der Waals surface area contributed by atoms with E-state index < -0.39 is 0 Å². The third-order valence-electron chi connectivity index (χ3n) is 2.24. The molecule has 0 radical (unpaired) electrons. The molecule has 0 N–H and O–H groups in total. The second kappa shape index (κ2) is 6.09. The van der Waals surface area contributed by atoms with Crippen molar-refractivity contribution in [3.05, 3.63) is 58.9 Å². The zero-order valence-corrected chi connectivity index (χ0v) is 10.7. The number of rotatable bonds is 2. The number of halogens is 1. The van der Waals surface area contributed by atoms with Crippen LogP contribution in [-0.2, 0) is 0 Å². The summed E-state index contributed by atoms with van der Waals surface area (Å²) >= 11 is 5.70. The Balaban J connectivity index is 2.12. The van der Waals surface area contributed by atoms with Crippen molar-refractivity contribution in [3.8, 4) is 17.6 Å². The molecule has 0 aliphatic carbocycles. The van der Waals surface area contributed by atoms with Crippen molar-refractivity contribution in [3.63, 3.8) is 0 Å². The lowest BCUT2D eigenvalue weighted by molar-refractivity contribution is 0.340. The largest absolute Gasteiger partial charge is 0.494 e. The molecule has 0 spiro atoms. The van der Waals surface area contributed by atoms with Crippen LogP contribution in [0.3, 0.4) is 0 Å². The molecule has 2 nitrogen and oxygen atoms in total. The molecule has 0 bridgehead atoms. The van der Waals surface area contributed by atoms with Crippen LogP contribution in [0.5, 0.6) is 5.75 Å². The molecule has 1 aromatic heterocycles. The van der Waals surface area contributed by atoms with Crippen molar-refractivity contribution in [2.24, 2.45) is 0 Å². The second-order valence-corrected chi connectivity index (χ2v) is 3.96.